The molecule has 2 fully saturated rings. The summed E-state index contributed by atoms with van der Waals surface area (Å²) in [6, 6.07) is 0. The number of hydrogen-bond acceptors (Lipinski definition) is 2. The summed E-state index contributed by atoms with van der Waals surface area (Å²) in [5, 5.41) is 8.99. The first-order chi connectivity index (χ1) is 5.87. The van der Waals surface area contributed by atoms with E-state index in [1.165, 1.54) is 0 Å². The molecular weight excluding hydrogens is 168 g/mol. The van der Waals surface area contributed by atoms with Crippen LogP contribution in [0.4, 0.5) is 0 Å². The van der Waals surface area contributed by atoms with Crippen molar-refractivity contribution in [1.29, 1.82) is 0 Å². The quantitative estimate of drug-likeness (QED) is 0.668. The van der Waals surface area contributed by atoms with Crippen LogP contribution < -0.4 is 0 Å². The van der Waals surface area contributed by atoms with E-state index in [1.54, 1.807) is 0 Å². The molecule has 0 saturated heterocycles. The lowest BCUT2D eigenvalue weighted by Gasteiger charge is -2.28. The van der Waals surface area contributed by atoms with E-state index in [1.807, 2.05) is 13.8 Å². The monoisotopic (exact) mass is 182 g/mol. The smallest absolute Gasteiger partial charge is 0.307 e. The van der Waals surface area contributed by atoms with E-state index < -0.39 is 5.97 Å². The highest BCUT2D eigenvalue weighted by Gasteiger charge is 2.62. The highest BCUT2D eigenvalue weighted by Crippen LogP contribution is 2.62. The van der Waals surface area contributed by atoms with Crippen LogP contribution in [0.25, 0.3) is 0 Å². The second-order valence-corrected chi connectivity index (χ2v) is 5.09. The lowest BCUT2D eigenvalue weighted by atomic mass is 9.74. The first-order valence-corrected chi connectivity index (χ1v) is 4.64. The van der Waals surface area contributed by atoms with E-state index in [-0.39, 0.29) is 22.5 Å². The largest absolute Gasteiger partial charge is 0.481 e. The van der Waals surface area contributed by atoms with E-state index in [4.69, 9.17) is 5.11 Å². The van der Waals surface area contributed by atoms with Gasteiger partial charge in [0.25, 0.3) is 0 Å². The number of carbonyl (C=O) groups excluding carboxylic acids is 1. The third-order valence-electron chi connectivity index (χ3n) is 3.83. The van der Waals surface area contributed by atoms with Crippen LogP contribution in [0.3, 0.4) is 0 Å². The standard InChI is InChI=1S/C10H14O3/c1-9-4-7(11)10(2,5-9)3-6(9)8(12)13/h6H,3-5H2,1-2H3,(H,12,13). The van der Waals surface area contributed by atoms with Crippen molar-refractivity contribution < 1.29 is 14.7 Å². The van der Waals surface area contributed by atoms with Gasteiger partial charge in [0.2, 0.25) is 0 Å². The molecule has 3 nitrogen and oxygen atoms in total. The number of carboxylic acid groups (broad SMARTS) is 1. The molecule has 2 saturated carbocycles. The normalized spacial score (nSPS) is 48.5. The molecule has 0 amide bonds. The number of carboxylic acids is 1. The van der Waals surface area contributed by atoms with Crippen molar-refractivity contribution in [2.45, 2.75) is 33.1 Å². The van der Waals surface area contributed by atoms with Crippen LogP contribution in [0, 0.1) is 16.7 Å². The summed E-state index contributed by atoms with van der Waals surface area (Å²) >= 11 is 0. The second kappa shape index (κ2) is 2.14. The van der Waals surface area contributed by atoms with Crippen LogP contribution in [-0.4, -0.2) is 16.9 Å². The summed E-state index contributed by atoms with van der Waals surface area (Å²) in [5.74, 6) is -0.790. The predicted octanol–water partition coefficient (Wildman–Crippen LogP) is 1.47. The molecule has 72 valence electrons. The lowest BCUT2D eigenvalue weighted by molar-refractivity contribution is -0.147. The molecule has 3 unspecified atom stereocenters. The van der Waals surface area contributed by atoms with Crippen LogP contribution in [0.1, 0.15) is 33.1 Å². The molecule has 2 rings (SSSR count). The number of ketones is 1. The maximum absolute atomic E-state index is 11.5. The molecule has 2 bridgehead atoms. The number of fused-ring (bicyclic) bond motifs is 2. The summed E-state index contributed by atoms with van der Waals surface area (Å²) < 4.78 is 0. The molecule has 3 heteroatoms. The minimum absolute atomic E-state index is 0.257. The Morgan fingerprint density at radius 2 is 2.15 bits per heavy atom. The fourth-order valence-electron chi connectivity index (χ4n) is 3.15. The molecule has 0 aliphatic heterocycles. The molecule has 2 aliphatic rings. The van der Waals surface area contributed by atoms with Gasteiger partial charge in [0.15, 0.2) is 0 Å². The Hall–Kier alpha value is -0.860. The molecule has 3 atom stereocenters. The van der Waals surface area contributed by atoms with Gasteiger partial charge >= 0.3 is 5.97 Å². The molecule has 0 aromatic rings. The SMILES string of the molecule is CC12CC(C(=O)O)C(C)(CC1=O)C2. The van der Waals surface area contributed by atoms with Crippen molar-refractivity contribution in [3.05, 3.63) is 0 Å². The molecule has 0 aromatic carbocycles. The molecule has 0 spiro atoms. The zero-order valence-corrected chi connectivity index (χ0v) is 7.96. The molecule has 0 heterocycles. The van der Waals surface area contributed by atoms with Crippen LogP contribution in [-0.2, 0) is 9.59 Å². The molecule has 13 heavy (non-hydrogen) atoms. The van der Waals surface area contributed by atoms with Gasteiger partial charge in [-0.05, 0) is 18.3 Å². The molecule has 1 N–H and O–H groups in total. The minimum atomic E-state index is -0.737. The van der Waals surface area contributed by atoms with Crippen molar-refractivity contribution in [3.8, 4) is 0 Å². The number of Topliss-reactive ketones (excluding diaryl/α,β-unsaturated/α-hetero) is 1. The number of aliphatic carboxylic acids is 1. The zero-order valence-electron chi connectivity index (χ0n) is 7.96. The van der Waals surface area contributed by atoms with Crippen molar-refractivity contribution in [1.82, 2.24) is 0 Å². The van der Waals surface area contributed by atoms with Crippen molar-refractivity contribution >= 4 is 11.8 Å². The van der Waals surface area contributed by atoms with Gasteiger partial charge in [0, 0.05) is 11.8 Å². The predicted molar refractivity (Wildman–Crippen MR) is 46.2 cm³/mol. The van der Waals surface area contributed by atoms with Crippen molar-refractivity contribution in [3.63, 3.8) is 0 Å². The summed E-state index contributed by atoms with van der Waals surface area (Å²) in [5.41, 5.74) is -0.602. The summed E-state index contributed by atoms with van der Waals surface area (Å²) in [4.78, 5) is 22.5. The average molecular weight is 182 g/mol. The zero-order chi connectivity index (χ0) is 9.85. The van der Waals surface area contributed by atoms with Gasteiger partial charge in [-0.1, -0.05) is 13.8 Å². The lowest BCUT2D eigenvalue weighted by Crippen LogP contribution is -2.33. The van der Waals surface area contributed by atoms with E-state index in [2.05, 4.69) is 0 Å². The van der Waals surface area contributed by atoms with Crippen molar-refractivity contribution in [2.75, 3.05) is 0 Å². The highest BCUT2D eigenvalue weighted by atomic mass is 16.4. The Kier molecular flexibility index (Phi) is 1.44. The number of hydrogen-bond donors (Lipinski definition) is 1. The van der Waals surface area contributed by atoms with Gasteiger partial charge in [-0.3, -0.25) is 9.59 Å². The third kappa shape index (κ3) is 0.960. The molecular formula is C10H14O3. The maximum atomic E-state index is 11.5. The summed E-state index contributed by atoms with van der Waals surface area (Å²) in [7, 11) is 0. The molecule has 2 aliphatic carbocycles. The van der Waals surface area contributed by atoms with Crippen LogP contribution in [0.5, 0.6) is 0 Å². The van der Waals surface area contributed by atoms with Crippen molar-refractivity contribution in [2.24, 2.45) is 16.7 Å². The maximum Gasteiger partial charge on any atom is 0.307 e. The highest BCUT2D eigenvalue weighted by molar-refractivity contribution is 5.91. The van der Waals surface area contributed by atoms with Gasteiger partial charge in [-0.2, -0.15) is 0 Å². The van der Waals surface area contributed by atoms with Crippen LogP contribution >= 0.6 is 0 Å². The van der Waals surface area contributed by atoms with Gasteiger partial charge in [0.05, 0.1) is 5.92 Å². The van der Waals surface area contributed by atoms with Crippen LogP contribution in [0.15, 0.2) is 0 Å². The average Bonchev–Trinajstić information content (AvgIpc) is 2.34. The van der Waals surface area contributed by atoms with E-state index in [0.717, 1.165) is 6.42 Å². The number of carbonyl (C=O) groups is 2. The van der Waals surface area contributed by atoms with Gasteiger partial charge in [-0.25, -0.2) is 0 Å². The third-order valence-corrected chi connectivity index (χ3v) is 3.83. The Labute approximate surface area is 77.1 Å². The summed E-state index contributed by atoms with van der Waals surface area (Å²) in [6.45, 7) is 3.84. The van der Waals surface area contributed by atoms with Gasteiger partial charge in [0.1, 0.15) is 5.78 Å². The Morgan fingerprint density at radius 1 is 1.54 bits per heavy atom. The van der Waals surface area contributed by atoms with Gasteiger partial charge in [-0.15, -0.1) is 0 Å². The number of rotatable bonds is 1. The van der Waals surface area contributed by atoms with Gasteiger partial charge < -0.3 is 5.11 Å². The molecule has 0 radical (unpaired) electrons. The Balaban J connectivity index is 2.36. The fourth-order valence-corrected chi connectivity index (χ4v) is 3.15. The van der Waals surface area contributed by atoms with Crippen LogP contribution in [0.2, 0.25) is 0 Å². The second-order valence-electron chi connectivity index (χ2n) is 5.09. The first-order valence-electron chi connectivity index (χ1n) is 4.64. The summed E-state index contributed by atoms with van der Waals surface area (Å²) in [6.07, 6.45) is 1.76. The first kappa shape index (κ1) is 8.73. The van der Waals surface area contributed by atoms with E-state index >= 15 is 0 Å². The Morgan fingerprint density at radius 3 is 2.46 bits per heavy atom. The van der Waals surface area contributed by atoms with E-state index in [9.17, 15) is 9.59 Å². The topological polar surface area (TPSA) is 54.4 Å². The Bertz CT molecular complexity index is 297. The van der Waals surface area contributed by atoms with E-state index in [0.29, 0.717) is 12.8 Å². The minimum Gasteiger partial charge on any atom is -0.481 e. The molecule has 0 aromatic heterocycles. The fraction of sp³-hybridized carbons (Fsp3) is 0.800.